The average molecular weight is 206 g/mol. The second-order valence-electron chi connectivity index (χ2n) is 3.80. The Morgan fingerprint density at radius 2 is 1.60 bits per heavy atom. The van der Waals surface area contributed by atoms with Crippen LogP contribution < -0.4 is 0 Å². The van der Waals surface area contributed by atoms with Crippen molar-refractivity contribution < 1.29 is 14.7 Å². The first-order valence-corrected chi connectivity index (χ1v) is 4.73. The first-order chi connectivity index (χ1) is 6.91. The largest absolute Gasteiger partial charge is 0.480 e. The Balaban J connectivity index is 3.22. The predicted octanol–water partition coefficient (Wildman–Crippen LogP) is 2.06. The van der Waals surface area contributed by atoms with Gasteiger partial charge in [-0.25, -0.2) is 0 Å². The zero-order valence-electron chi connectivity index (χ0n) is 9.07. The number of aliphatic carboxylic acids is 1. The first-order valence-electron chi connectivity index (χ1n) is 4.73. The maximum Gasteiger partial charge on any atom is 0.318 e. The molecular weight excluding hydrogens is 192 g/mol. The van der Waals surface area contributed by atoms with Crippen LogP contribution in [0.4, 0.5) is 0 Å². The lowest BCUT2D eigenvalue weighted by molar-refractivity contribution is -0.142. The lowest BCUT2D eigenvalue weighted by Crippen LogP contribution is -2.19. The van der Waals surface area contributed by atoms with Gasteiger partial charge in [0.05, 0.1) is 0 Å². The molecular formula is C12H14O3. The molecule has 3 heteroatoms. The fourth-order valence-corrected chi connectivity index (χ4v) is 1.73. The van der Waals surface area contributed by atoms with E-state index in [1.165, 1.54) is 6.92 Å². The third-order valence-corrected chi connectivity index (χ3v) is 2.23. The highest BCUT2D eigenvalue weighted by Gasteiger charge is 2.24. The molecule has 80 valence electrons. The van der Waals surface area contributed by atoms with E-state index >= 15 is 0 Å². The van der Waals surface area contributed by atoms with E-state index in [1.807, 2.05) is 19.9 Å². The minimum absolute atomic E-state index is 0.340. The molecule has 1 N–H and O–H groups in total. The lowest BCUT2D eigenvalue weighted by atomic mass is 9.93. The molecule has 0 spiro atoms. The molecule has 1 aromatic carbocycles. The van der Waals surface area contributed by atoms with Gasteiger partial charge in [-0.1, -0.05) is 29.3 Å². The van der Waals surface area contributed by atoms with Gasteiger partial charge in [0, 0.05) is 0 Å². The molecule has 0 amide bonds. The van der Waals surface area contributed by atoms with Gasteiger partial charge in [-0.2, -0.15) is 0 Å². The van der Waals surface area contributed by atoms with Gasteiger partial charge >= 0.3 is 5.97 Å². The number of aryl methyl sites for hydroxylation is 2. The summed E-state index contributed by atoms with van der Waals surface area (Å²) < 4.78 is 0. The molecule has 0 radical (unpaired) electrons. The van der Waals surface area contributed by atoms with E-state index in [0.29, 0.717) is 5.56 Å². The van der Waals surface area contributed by atoms with Crippen molar-refractivity contribution in [3.8, 4) is 0 Å². The number of carboxylic acids is 1. The summed E-state index contributed by atoms with van der Waals surface area (Å²) in [5.41, 5.74) is 2.50. The van der Waals surface area contributed by atoms with E-state index < -0.39 is 11.9 Å². The number of carbonyl (C=O) groups excluding carboxylic acids is 1. The van der Waals surface area contributed by atoms with Crippen LogP contribution in [-0.2, 0) is 9.59 Å². The summed E-state index contributed by atoms with van der Waals surface area (Å²) >= 11 is 0. The van der Waals surface area contributed by atoms with E-state index in [2.05, 4.69) is 0 Å². The summed E-state index contributed by atoms with van der Waals surface area (Å²) in [5.74, 6) is -2.47. The van der Waals surface area contributed by atoms with Crippen molar-refractivity contribution in [2.45, 2.75) is 26.7 Å². The minimum Gasteiger partial charge on any atom is -0.480 e. The van der Waals surface area contributed by atoms with Gasteiger partial charge in [0.25, 0.3) is 0 Å². The van der Waals surface area contributed by atoms with Crippen LogP contribution in [0, 0.1) is 13.8 Å². The first kappa shape index (κ1) is 11.4. The van der Waals surface area contributed by atoms with Crippen molar-refractivity contribution in [3.05, 3.63) is 34.9 Å². The molecule has 15 heavy (non-hydrogen) atoms. The van der Waals surface area contributed by atoms with Crippen LogP contribution in [0.2, 0.25) is 0 Å². The second-order valence-corrected chi connectivity index (χ2v) is 3.80. The maximum absolute atomic E-state index is 11.2. The molecule has 3 nitrogen and oxygen atoms in total. The number of benzene rings is 1. The van der Waals surface area contributed by atoms with Crippen LogP contribution in [0.15, 0.2) is 18.2 Å². The Bertz CT molecular complexity index is 373. The predicted molar refractivity (Wildman–Crippen MR) is 57.0 cm³/mol. The molecule has 0 fully saturated rings. The van der Waals surface area contributed by atoms with Crippen LogP contribution in [0.5, 0.6) is 0 Å². The van der Waals surface area contributed by atoms with Crippen LogP contribution in [0.25, 0.3) is 0 Å². The highest BCUT2D eigenvalue weighted by atomic mass is 16.4. The molecule has 0 heterocycles. The Hall–Kier alpha value is -1.64. The summed E-state index contributed by atoms with van der Waals surface area (Å²) in [6.07, 6.45) is 0. The monoisotopic (exact) mass is 206 g/mol. The highest BCUT2D eigenvalue weighted by Crippen LogP contribution is 2.20. The summed E-state index contributed by atoms with van der Waals surface area (Å²) in [5, 5.41) is 8.96. The minimum atomic E-state index is -1.09. The third kappa shape index (κ3) is 2.65. The van der Waals surface area contributed by atoms with Crippen molar-refractivity contribution in [2.75, 3.05) is 0 Å². The van der Waals surface area contributed by atoms with Crippen LogP contribution in [-0.4, -0.2) is 16.9 Å². The highest BCUT2D eigenvalue weighted by molar-refractivity contribution is 6.02. The van der Waals surface area contributed by atoms with E-state index in [0.717, 1.165) is 11.1 Å². The van der Waals surface area contributed by atoms with E-state index in [1.54, 1.807) is 12.1 Å². The van der Waals surface area contributed by atoms with E-state index in [4.69, 9.17) is 5.11 Å². The molecule has 0 bridgehead atoms. The quantitative estimate of drug-likeness (QED) is 0.770. The topological polar surface area (TPSA) is 54.4 Å². The van der Waals surface area contributed by atoms with Gasteiger partial charge in [0.1, 0.15) is 11.7 Å². The number of carboxylic acid groups (broad SMARTS) is 1. The molecule has 0 saturated heterocycles. The molecule has 1 atom stereocenters. The van der Waals surface area contributed by atoms with E-state index in [9.17, 15) is 9.59 Å². The lowest BCUT2D eigenvalue weighted by Gasteiger charge is -2.10. The summed E-state index contributed by atoms with van der Waals surface area (Å²) in [6.45, 7) is 5.07. The van der Waals surface area contributed by atoms with Crippen LogP contribution >= 0.6 is 0 Å². The molecule has 1 rings (SSSR count). The fourth-order valence-electron chi connectivity index (χ4n) is 1.73. The molecule has 0 aromatic heterocycles. The fraction of sp³-hybridized carbons (Fsp3) is 0.333. The van der Waals surface area contributed by atoms with Gasteiger partial charge in [0.2, 0.25) is 0 Å². The Morgan fingerprint density at radius 3 is 1.93 bits per heavy atom. The Morgan fingerprint density at radius 1 is 1.13 bits per heavy atom. The number of carbonyl (C=O) groups is 2. The third-order valence-electron chi connectivity index (χ3n) is 2.23. The van der Waals surface area contributed by atoms with Gasteiger partial charge in [0.15, 0.2) is 0 Å². The molecule has 0 aliphatic heterocycles. The molecule has 0 aliphatic rings. The molecule has 1 unspecified atom stereocenters. The standard InChI is InChI=1S/C12H14O3/c1-7-4-8(2)6-10(5-7)11(9(3)13)12(14)15/h4-6,11H,1-3H3,(H,14,15). The molecule has 0 aliphatic carbocycles. The Labute approximate surface area is 88.7 Å². The number of Topliss-reactive ketones (excluding diaryl/α,β-unsaturated/α-hetero) is 1. The summed E-state index contributed by atoms with van der Waals surface area (Å²) in [4.78, 5) is 22.2. The normalized spacial score (nSPS) is 12.2. The average Bonchev–Trinajstić information content (AvgIpc) is 1.99. The number of ketones is 1. The van der Waals surface area contributed by atoms with Crippen LogP contribution in [0.1, 0.15) is 29.5 Å². The number of hydrogen-bond donors (Lipinski definition) is 1. The maximum atomic E-state index is 11.2. The Kier molecular flexibility index (Phi) is 3.24. The zero-order valence-corrected chi connectivity index (χ0v) is 9.07. The van der Waals surface area contributed by atoms with E-state index in [-0.39, 0.29) is 5.78 Å². The van der Waals surface area contributed by atoms with Crippen molar-refractivity contribution in [2.24, 2.45) is 0 Å². The van der Waals surface area contributed by atoms with Gasteiger partial charge < -0.3 is 5.11 Å². The zero-order chi connectivity index (χ0) is 11.6. The summed E-state index contributed by atoms with van der Waals surface area (Å²) in [6, 6.07) is 5.43. The van der Waals surface area contributed by atoms with Crippen molar-refractivity contribution in [3.63, 3.8) is 0 Å². The number of rotatable bonds is 3. The van der Waals surface area contributed by atoms with Gasteiger partial charge in [-0.15, -0.1) is 0 Å². The van der Waals surface area contributed by atoms with Crippen LogP contribution in [0.3, 0.4) is 0 Å². The second kappa shape index (κ2) is 4.26. The van der Waals surface area contributed by atoms with Crippen molar-refractivity contribution in [1.82, 2.24) is 0 Å². The van der Waals surface area contributed by atoms with Crippen molar-refractivity contribution in [1.29, 1.82) is 0 Å². The smallest absolute Gasteiger partial charge is 0.318 e. The summed E-state index contributed by atoms with van der Waals surface area (Å²) in [7, 11) is 0. The SMILES string of the molecule is CC(=O)C(C(=O)O)c1cc(C)cc(C)c1. The number of hydrogen-bond acceptors (Lipinski definition) is 2. The van der Waals surface area contributed by atoms with Crippen molar-refractivity contribution >= 4 is 11.8 Å². The van der Waals surface area contributed by atoms with Gasteiger partial charge in [-0.05, 0) is 26.3 Å². The molecule has 0 saturated carbocycles. The molecule has 1 aromatic rings. The van der Waals surface area contributed by atoms with Gasteiger partial charge in [-0.3, -0.25) is 9.59 Å².